The van der Waals surface area contributed by atoms with Crippen molar-refractivity contribution >= 4 is 11.6 Å². The fourth-order valence-electron chi connectivity index (χ4n) is 2.91. The third-order valence-corrected chi connectivity index (χ3v) is 4.31. The molecule has 0 bridgehead atoms. The molecule has 1 amide bonds. The van der Waals surface area contributed by atoms with Crippen molar-refractivity contribution in [1.82, 2.24) is 0 Å². The minimum atomic E-state index is -1.62. The minimum Gasteiger partial charge on any atom is -0.376 e. The summed E-state index contributed by atoms with van der Waals surface area (Å²) in [5.41, 5.74) is 0.678. The van der Waals surface area contributed by atoms with Crippen LogP contribution in [0.15, 0.2) is 67.3 Å². The van der Waals surface area contributed by atoms with E-state index in [4.69, 9.17) is 0 Å². The van der Waals surface area contributed by atoms with E-state index in [1.54, 1.807) is 30.0 Å². The first kappa shape index (κ1) is 18.9. The van der Waals surface area contributed by atoms with Gasteiger partial charge >= 0.3 is 0 Å². The van der Waals surface area contributed by atoms with Gasteiger partial charge in [0.05, 0.1) is 0 Å². The SMILES string of the molecule is C=CCN(C(=O)[C@](C)(O)c1ccccc1)c1ccccc1C(C)(C)C. The molecule has 2 rings (SSSR count). The first-order valence-corrected chi connectivity index (χ1v) is 8.50. The summed E-state index contributed by atoms with van der Waals surface area (Å²) in [7, 11) is 0. The van der Waals surface area contributed by atoms with Crippen molar-refractivity contribution in [2.45, 2.75) is 38.7 Å². The molecule has 0 aliphatic carbocycles. The third kappa shape index (κ3) is 3.99. The summed E-state index contributed by atoms with van der Waals surface area (Å²) in [6.07, 6.45) is 1.68. The van der Waals surface area contributed by atoms with Gasteiger partial charge in [0.1, 0.15) is 0 Å². The van der Waals surface area contributed by atoms with E-state index < -0.39 is 5.60 Å². The van der Waals surface area contributed by atoms with Gasteiger partial charge < -0.3 is 10.0 Å². The molecule has 0 aromatic heterocycles. The van der Waals surface area contributed by atoms with E-state index in [2.05, 4.69) is 27.4 Å². The van der Waals surface area contributed by atoms with Crippen LogP contribution in [0.5, 0.6) is 0 Å². The van der Waals surface area contributed by atoms with Crippen LogP contribution in [0.3, 0.4) is 0 Å². The first-order chi connectivity index (χ1) is 11.7. The molecule has 0 radical (unpaired) electrons. The largest absolute Gasteiger partial charge is 0.376 e. The number of anilines is 1. The second-order valence-corrected chi connectivity index (χ2v) is 7.41. The van der Waals surface area contributed by atoms with Gasteiger partial charge in [-0.25, -0.2) is 0 Å². The van der Waals surface area contributed by atoms with Crippen LogP contribution in [0.2, 0.25) is 0 Å². The van der Waals surface area contributed by atoms with Crippen molar-refractivity contribution < 1.29 is 9.90 Å². The summed E-state index contributed by atoms with van der Waals surface area (Å²) < 4.78 is 0. The average molecular weight is 337 g/mol. The number of amides is 1. The standard InChI is InChI=1S/C22H27NO2/c1-6-16-23(19-15-11-10-14-18(19)21(2,3)4)20(24)22(5,25)17-12-8-7-9-13-17/h6-15,25H,1,16H2,2-5H3/t22-/m1/s1. The van der Waals surface area contributed by atoms with Gasteiger partial charge in [0.15, 0.2) is 5.60 Å². The number of rotatable bonds is 5. The molecule has 0 spiro atoms. The molecule has 2 aromatic carbocycles. The van der Waals surface area contributed by atoms with Crippen LogP contribution in [0, 0.1) is 0 Å². The Morgan fingerprint density at radius 2 is 1.60 bits per heavy atom. The van der Waals surface area contributed by atoms with Gasteiger partial charge in [-0.05, 0) is 29.5 Å². The lowest BCUT2D eigenvalue weighted by molar-refractivity contribution is -0.135. The highest BCUT2D eigenvalue weighted by Crippen LogP contribution is 2.34. The first-order valence-electron chi connectivity index (χ1n) is 8.50. The van der Waals surface area contributed by atoms with Crippen LogP contribution in [-0.4, -0.2) is 17.6 Å². The molecule has 0 fully saturated rings. The van der Waals surface area contributed by atoms with E-state index in [0.717, 1.165) is 11.3 Å². The highest BCUT2D eigenvalue weighted by atomic mass is 16.3. The lowest BCUT2D eigenvalue weighted by atomic mass is 9.85. The predicted molar refractivity (Wildman–Crippen MR) is 104 cm³/mol. The molecule has 0 saturated carbocycles. The molecule has 3 nitrogen and oxygen atoms in total. The molecule has 0 aliphatic heterocycles. The van der Waals surface area contributed by atoms with Gasteiger partial charge in [0, 0.05) is 12.2 Å². The molecule has 3 heteroatoms. The van der Waals surface area contributed by atoms with E-state index in [0.29, 0.717) is 12.1 Å². The minimum absolute atomic E-state index is 0.130. The summed E-state index contributed by atoms with van der Waals surface area (Å²) >= 11 is 0. The molecule has 2 aromatic rings. The van der Waals surface area contributed by atoms with Crippen LogP contribution in [0.4, 0.5) is 5.69 Å². The quantitative estimate of drug-likeness (QED) is 0.821. The Labute approximate surface area is 150 Å². The van der Waals surface area contributed by atoms with E-state index in [-0.39, 0.29) is 11.3 Å². The molecule has 25 heavy (non-hydrogen) atoms. The van der Waals surface area contributed by atoms with Crippen molar-refractivity contribution in [1.29, 1.82) is 0 Å². The van der Waals surface area contributed by atoms with Gasteiger partial charge in [-0.1, -0.05) is 75.4 Å². The number of carbonyl (C=O) groups is 1. The fourth-order valence-corrected chi connectivity index (χ4v) is 2.91. The number of para-hydroxylation sites is 1. The smallest absolute Gasteiger partial charge is 0.263 e. The highest BCUT2D eigenvalue weighted by molar-refractivity contribution is 6.00. The number of aliphatic hydroxyl groups is 1. The average Bonchev–Trinajstić information content (AvgIpc) is 2.59. The molecule has 0 unspecified atom stereocenters. The lowest BCUT2D eigenvalue weighted by Gasteiger charge is -2.34. The maximum Gasteiger partial charge on any atom is 0.263 e. The Kier molecular flexibility index (Phi) is 5.48. The van der Waals surface area contributed by atoms with E-state index >= 15 is 0 Å². The topological polar surface area (TPSA) is 40.5 Å². The maximum absolute atomic E-state index is 13.3. The zero-order valence-corrected chi connectivity index (χ0v) is 15.5. The maximum atomic E-state index is 13.3. The zero-order chi connectivity index (χ0) is 18.7. The summed E-state index contributed by atoms with van der Waals surface area (Å²) in [5.74, 6) is -0.365. The molecule has 0 aliphatic rings. The molecule has 0 saturated heterocycles. The van der Waals surface area contributed by atoms with E-state index in [9.17, 15) is 9.90 Å². The fraction of sp³-hybridized carbons (Fsp3) is 0.318. The predicted octanol–water partition coefficient (Wildman–Crippen LogP) is 4.41. The lowest BCUT2D eigenvalue weighted by Crippen LogP contribution is -2.46. The van der Waals surface area contributed by atoms with Gasteiger partial charge in [-0.15, -0.1) is 6.58 Å². The van der Waals surface area contributed by atoms with E-state index in [1.807, 2.05) is 42.5 Å². The Balaban J connectivity index is 2.53. The zero-order valence-electron chi connectivity index (χ0n) is 15.5. The number of benzene rings is 2. The van der Waals surface area contributed by atoms with Crippen molar-refractivity contribution in [2.75, 3.05) is 11.4 Å². The van der Waals surface area contributed by atoms with Crippen LogP contribution in [-0.2, 0) is 15.8 Å². The second-order valence-electron chi connectivity index (χ2n) is 7.41. The van der Waals surface area contributed by atoms with Gasteiger partial charge in [-0.2, -0.15) is 0 Å². The highest BCUT2D eigenvalue weighted by Gasteiger charge is 2.37. The number of hydrogen-bond acceptors (Lipinski definition) is 2. The monoisotopic (exact) mass is 337 g/mol. The number of carbonyl (C=O) groups excluding carboxylic acids is 1. The van der Waals surface area contributed by atoms with Crippen molar-refractivity contribution in [3.8, 4) is 0 Å². The third-order valence-electron chi connectivity index (χ3n) is 4.31. The van der Waals surface area contributed by atoms with Gasteiger partial charge in [0.25, 0.3) is 5.91 Å². The second kappa shape index (κ2) is 7.24. The summed E-state index contributed by atoms with van der Waals surface area (Å²) in [4.78, 5) is 14.9. The van der Waals surface area contributed by atoms with Crippen LogP contribution < -0.4 is 4.90 Å². The molecule has 1 N–H and O–H groups in total. The van der Waals surface area contributed by atoms with E-state index in [1.165, 1.54) is 0 Å². The van der Waals surface area contributed by atoms with Crippen LogP contribution in [0.25, 0.3) is 0 Å². The summed E-state index contributed by atoms with van der Waals surface area (Å²) in [6.45, 7) is 12.0. The summed E-state index contributed by atoms with van der Waals surface area (Å²) in [6, 6.07) is 16.8. The number of nitrogens with zero attached hydrogens (tertiary/aromatic N) is 1. The molecular weight excluding hydrogens is 310 g/mol. The number of hydrogen-bond donors (Lipinski definition) is 1. The molecule has 0 heterocycles. The Morgan fingerprint density at radius 1 is 1.04 bits per heavy atom. The van der Waals surface area contributed by atoms with Crippen LogP contribution >= 0.6 is 0 Å². The Morgan fingerprint density at radius 3 is 2.16 bits per heavy atom. The van der Waals surface area contributed by atoms with Gasteiger partial charge in [0.2, 0.25) is 0 Å². The van der Waals surface area contributed by atoms with Gasteiger partial charge in [-0.3, -0.25) is 4.79 Å². The molecule has 132 valence electrons. The molecule has 1 atom stereocenters. The normalized spacial score (nSPS) is 13.8. The van der Waals surface area contributed by atoms with Crippen molar-refractivity contribution in [3.63, 3.8) is 0 Å². The Bertz CT molecular complexity index is 742. The van der Waals surface area contributed by atoms with Crippen molar-refractivity contribution in [3.05, 3.63) is 78.4 Å². The Hall–Kier alpha value is -2.39. The summed E-state index contributed by atoms with van der Waals surface area (Å²) in [5, 5.41) is 11.0. The molecular formula is C22H27NO2. The van der Waals surface area contributed by atoms with Crippen molar-refractivity contribution in [2.24, 2.45) is 0 Å². The van der Waals surface area contributed by atoms with Crippen LogP contribution in [0.1, 0.15) is 38.8 Å².